The molecular weight excluding hydrogens is 204 g/mol. The number of nitrogens with one attached hydrogen (secondary N) is 1. The van der Waals surface area contributed by atoms with Crippen LogP contribution in [0.1, 0.15) is 17.6 Å². The lowest BCUT2D eigenvalue weighted by Gasteiger charge is -2.00. The summed E-state index contributed by atoms with van der Waals surface area (Å²) in [4.78, 5) is 45.0. The van der Waals surface area contributed by atoms with Gasteiger partial charge in [-0.3, -0.25) is 19.4 Å². The monoisotopic (exact) mass is 212 g/mol. The van der Waals surface area contributed by atoms with E-state index < -0.39 is 23.1 Å². The molecule has 0 atom stereocenters. The lowest BCUT2D eigenvalue weighted by Crippen LogP contribution is -2.32. The van der Waals surface area contributed by atoms with E-state index in [0.29, 0.717) is 4.57 Å². The normalized spacial score (nSPS) is 9.87. The molecule has 0 aliphatic carbocycles. The summed E-state index contributed by atoms with van der Waals surface area (Å²) in [6, 6.07) is 1.01. The fraction of sp³-hybridized carbons (Fsp3) is 0.250. The first-order chi connectivity index (χ1) is 7.00. The van der Waals surface area contributed by atoms with E-state index in [2.05, 4.69) is 0 Å². The zero-order chi connectivity index (χ0) is 11.4. The number of carboxylic acid groups (broad SMARTS) is 1. The third-order valence-electron chi connectivity index (χ3n) is 1.65. The number of carboxylic acids is 1. The van der Waals surface area contributed by atoms with Crippen LogP contribution in [0.25, 0.3) is 0 Å². The molecule has 0 spiro atoms. The maximum atomic E-state index is 11.3. The Morgan fingerprint density at radius 2 is 2.00 bits per heavy atom. The van der Waals surface area contributed by atoms with Crippen molar-refractivity contribution in [2.75, 3.05) is 0 Å². The molecule has 1 aromatic heterocycles. The van der Waals surface area contributed by atoms with Crippen molar-refractivity contribution in [1.82, 2.24) is 9.55 Å². The molecule has 0 aromatic carbocycles. The average Bonchev–Trinajstić information content (AvgIpc) is 2.14. The molecule has 0 radical (unpaired) electrons. The third kappa shape index (κ3) is 2.90. The molecule has 0 saturated heterocycles. The van der Waals surface area contributed by atoms with Crippen LogP contribution in [0.3, 0.4) is 0 Å². The summed E-state index contributed by atoms with van der Waals surface area (Å²) in [5.74, 6) is -1.79. The van der Waals surface area contributed by atoms with Gasteiger partial charge in [-0.1, -0.05) is 0 Å². The molecule has 0 aliphatic rings. The Hall–Kier alpha value is -2.18. The van der Waals surface area contributed by atoms with Crippen LogP contribution >= 0.6 is 0 Å². The zero-order valence-electron chi connectivity index (χ0n) is 7.60. The quantitative estimate of drug-likeness (QED) is 0.670. The average molecular weight is 212 g/mol. The summed E-state index contributed by atoms with van der Waals surface area (Å²) in [5, 5.41) is 8.33. The van der Waals surface area contributed by atoms with Crippen molar-refractivity contribution in [3.63, 3.8) is 0 Å². The van der Waals surface area contributed by atoms with E-state index in [0.717, 1.165) is 12.3 Å². The molecule has 1 rings (SSSR count). The fourth-order valence-corrected chi connectivity index (χ4v) is 0.948. The molecule has 0 unspecified atom stereocenters. The Balaban J connectivity index is 2.88. The van der Waals surface area contributed by atoms with Crippen molar-refractivity contribution >= 4 is 11.9 Å². The Morgan fingerprint density at radius 1 is 1.33 bits per heavy atom. The fourth-order valence-electron chi connectivity index (χ4n) is 0.948. The predicted octanol–water partition coefficient (Wildman–Crippen LogP) is -0.958. The van der Waals surface area contributed by atoms with Gasteiger partial charge in [0, 0.05) is 18.7 Å². The van der Waals surface area contributed by atoms with Crippen LogP contribution in [0.2, 0.25) is 0 Å². The summed E-state index contributed by atoms with van der Waals surface area (Å²) in [5.41, 5.74) is -1.47. The van der Waals surface area contributed by atoms with E-state index in [-0.39, 0.29) is 12.8 Å². The molecule has 7 nitrogen and oxygen atoms in total. The van der Waals surface area contributed by atoms with Gasteiger partial charge in [0.25, 0.3) is 5.56 Å². The molecule has 7 heteroatoms. The van der Waals surface area contributed by atoms with Gasteiger partial charge < -0.3 is 5.11 Å². The van der Waals surface area contributed by atoms with E-state index in [4.69, 9.17) is 5.11 Å². The summed E-state index contributed by atoms with van der Waals surface area (Å²) in [6.45, 7) is 0. The van der Waals surface area contributed by atoms with Crippen LogP contribution in [0.15, 0.2) is 21.9 Å². The smallest absolute Gasteiger partial charge is 0.335 e. The van der Waals surface area contributed by atoms with Gasteiger partial charge in [0.15, 0.2) is 0 Å². The maximum absolute atomic E-state index is 11.3. The van der Waals surface area contributed by atoms with Crippen LogP contribution in [0, 0.1) is 0 Å². The number of aromatic amines is 1. The lowest BCUT2D eigenvalue weighted by molar-refractivity contribution is -0.136. The first-order valence-electron chi connectivity index (χ1n) is 4.07. The number of aliphatic carboxylic acids is 1. The molecule has 0 aliphatic heterocycles. The van der Waals surface area contributed by atoms with Gasteiger partial charge in [-0.15, -0.1) is 0 Å². The topological polar surface area (TPSA) is 109 Å². The molecular formula is C8H8N2O5. The standard InChI is InChI=1S/C8H8N2O5/c11-5-3-4-10(8(15)9-5)6(12)1-2-7(13)14/h3-4H,1-2H2,(H,13,14)(H,9,11,15). The Kier molecular flexibility index (Phi) is 3.17. The highest BCUT2D eigenvalue weighted by atomic mass is 16.4. The maximum Gasteiger partial charge on any atom is 0.335 e. The van der Waals surface area contributed by atoms with Crippen molar-refractivity contribution in [3.05, 3.63) is 33.1 Å². The van der Waals surface area contributed by atoms with E-state index in [1.165, 1.54) is 0 Å². The summed E-state index contributed by atoms with van der Waals surface area (Å²) >= 11 is 0. The minimum atomic E-state index is -1.12. The van der Waals surface area contributed by atoms with Gasteiger partial charge in [0.2, 0.25) is 5.91 Å². The number of hydrogen-bond acceptors (Lipinski definition) is 4. The summed E-state index contributed by atoms with van der Waals surface area (Å²) < 4.78 is 0.671. The SMILES string of the molecule is O=C(O)CCC(=O)n1ccc(=O)[nH]c1=O. The van der Waals surface area contributed by atoms with Gasteiger partial charge in [-0.25, -0.2) is 9.36 Å². The molecule has 1 heterocycles. The molecule has 0 bridgehead atoms. The second kappa shape index (κ2) is 4.36. The van der Waals surface area contributed by atoms with Crippen LogP contribution in [-0.2, 0) is 4.79 Å². The molecule has 2 N–H and O–H groups in total. The van der Waals surface area contributed by atoms with Gasteiger partial charge in [-0.2, -0.15) is 0 Å². The second-order valence-electron chi connectivity index (χ2n) is 2.77. The van der Waals surface area contributed by atoms with E-state index in [1.807, 2.05) is 4.98 Å². The molecule has 15 heavy (non-hydrogen) atoms. The predicted molar refractivity (Wildman–Crippen MR) is 48.8 cm³/mol. The highest BCUT2D eigenvalue weighted by molar-refractivity contribution is 5.82. The Labute approximate surface area is 83.0 Å². The minimum absolute atomic E-state index is 0.290. The molecule has 0 saturated carbocycles. The molecule has 0 amide bonds. The van der Waals surface area contributed by atoms with Crippen LogP contribution in [0.5, 0.6) is 0 Å². The number of carbonyl (C=O) groups excluding carboxylic acids is 1. The minimum Gasteiger partial charge on any atom is -0.481 e. The first-order valence-corrected chi connectivity index (χ1v) is 4.07. The van der Waals surface area contributed by atoms with Crippen LogP contribution in [0.4, 0.5) is 0 Å². The Morgan fingerprint density at radius 3 is 2.53 bits per heavy atom. The van der Waals surface area contributed by atoms with Gasteiger partial charge in [-0.05, 0) is 0 Å². The van der Waals surface area contributed by atoms with Crippen LogP contribution in [-0.4, -0.2) is 26.5 Å². The van der Waals surface area contributed by atoms with E-state index in [9.17, 15) is 19.2 Å². The molecule has 0 fully saturated rings. The first kappa shape index (κ1) is 10.9. The van der Waals surface area contributed by atoms with Crippen molar-refractivity contribution in [1.29, 1.82) is 0 Å². The lowest BCUT2D eigenvalue weighted by atomic mass is 10.3. The highest BCUT2D eigenvalue weighted by Gasteiger charge is 2.09. The molecule has 1 aromatic rings. The van der Waals surface area contributed by atoms with Crippen molar-refractivity contribution in [2.45, 2.75) is 12.8 Å². The van der Waals surface area contributed by atoms with Crippen molar-refractivity contribution < 1.29 is 14.7 Å². The Bertz CT molecular complexity index is 498. The number of rotatable bonds is 3. The van der Waals surface area contributed by atoms with Gasteiger partial charge in [0.1, 0.15) is 0 Å². The van der Waals surface area contributed by atoms with Crippen molar-refractivity contribution in [2.24, 2.45) is 0 Å². The second-order valence-corrected chi connectivity index (χ2v) is 2.77. The number of nitrogens with zero attached hydrogens (tertiary/aromatic N) is 1. The third-order valence-corrected chi connectivity index (χ3v) is 1.65. The number of carbonyl (C=O) groups is 2. The van der Waals surface area contributed by atoms with E-state index in [1.54, 1.807) is 0 Å². The summed E-state index contributed by atoms with van der Waals surface area (Å²) in [6.07, 6.45) is 0.372. The van der Waals surface area contributed by atoms with Crippen LogP contribution < -0.4 is 11.2 Å². The number of hydrogen-bond donors (Lipinski definition) is 2. The number of aromatic nitrogens is 2. The van der Waals surface area contributed by atoms with Gasteiger partial charge in [0.05, 0.1) is 6.42 Å². The zero-order valence-corrected chi connectivity index (χ0v) is 7.60. The number of H-pyrrole nitrogens is 1. The highest BCUT2D eigenvalue weighted by Crippen LogP contribution is 1.92. The molecule has 80 valence electrons. The van der Waals surface area contributed by atoms with Gasteiger partial charge >= 0.3 is 11.7 Å². The van der Waals surface area contributed by atoms with Crippen molar-refractivity contribution in [3.8, 4) is 0 Å². The summed E-state index contributed by atoms with van der Waals surface area (Å²) in [7, 11) is 0. The largest absolute Gasteiger partial charge is 0.481 e. The van der Waals surface area contributed by atoms with E-state index >= 15 is 0 Å².